The lowest BCUT2D eigenvalue weighted by molar-refractivity contribution is 0.0939. The Bertz CT molecular complexity index is 1040. The van der Waals surface area contributed by atoms with E-state index in [0.717, 1.165) is 37.6 Å². The van der Waals surface area contributed by atoms with Gasteiger partial charge in [0, 0.05) is 50.0 Å². The minimum absolute atomic E-state index is 0.162. The molecule has 6 heteroatoms. The first kappa shape index (κ1) is 20.8. The van der Waals surface area contributed by atoms with Crippen molar-refractivity contribution in [2.45, 2.75) is 6.54 Å². The molecule has 4 rings (SSSR count). The Morgan fingerprint density at radius 1 is 0.871 bits per heavy atom. The van der Waals surface area contributed by atoms with E-state index in [1.807, 2.05) is 30.3 Å². The Balaban J connectivity index is 1.41. The molecule has 0 aliphatic carbocycles. The molecule has 3 aromatic rings. The third-order valence-corrected chi connectivity index (χ3v) is 5.54. The fourth-order valence-electron chi connectivity index (χ4n) is 3.65. The lowest BCUT2D eigenvalue weighted by atomic mass is 9.98. The monoisotopic (exact) mass is 414 g/mol. The number of carbonyl (C=O) groups excluding carboxylic acids is 2. The first-order valence-corrected chi connectivity index (χ1v) is 10.5. The predicted molar refractivity (Wildman–Crippen MR) is 121 cm³/mol. The van der Waals surface area contributed by atoms with Crippen LogP contribution in [0.4, 0.5) is 5.82 Å². The molecule has 0 atom stereocenters. The van der Waals surface area contributed by atoms with Gasteiger partial charge in [-0.15, -0.1) is 0 Å². The first-order valence-electron chi connectivity index (χ1n) is 10.5. The van der Waals surface area contributed by atoms with Crippen LogP contribution in [-0.4, -0.2) is 54.8 Å². The van der Waals surface area contributed by atoms with Crippen LogP contribution in [0.5, 0.6) is 0 Å². The average Bonchev–Trinajstić information content (AvgIpc) is 2.83. The Labute approximate surface area is 182 Å². The van der Waals surface area contributed by atoms with Gasteiger partial charge in [-0.25, -0.2) is 4.98 Å². The predicted octanol–water partition coefficient (Wildman–Crippen LogP) is 2.99. The number of benzene rings is 2. The van der Waals surface area contributed by atoms with Crippen molar-refractivity contribution in [3.8, 4) is 0 Å². The van der Waals surface area contributed by atoms with E-state index in [0.29, 0.717) is 23.2 Å². The van der Waals surface area contributed by atoms with Crippen LogP contribution in [0.3, 0.4) is 0 Å². The van der Waals surface area contributed by atoms with Crippen molar-refractivity contribution in [1.29, 1.82) is 0 Å². The fourth-order valence-corrected chi connectivity index (χ4v) is 3.65. The van der Waals surface area contributed by atoms with Crippen LogP contribution in [0.2, 0.25) is 0 Å². The third kappa shape index (κ3) is 4.98. The molecule has 1 aromatic heterocycles. The maximum Gasteiger partial charge on any atom is 0.252 e. The molecule has 1 aliphatic rings. The molecule has 2 heterocycles. The summed E-state index contributed by atoms with van der Waals surface area (Å²) >= 11 is 0. The van der Waals surface area contributed by atoms with Crippen molar-refractivity contribution in [3.63, 3.8) is 0 Å². The number of hydrogen-bond donors (Lipinski definition) is 1. The average molecular weight is 415 g/mol. The molecule has 0 radical (unpaired) electrons. The summed E-state index contributed by atoms with van der Waals surface area (Å²) < 4.78 is 0. The second kappa shape index (κ2) is 9.53. The number of nitrogens with zero attached hydrogens (tertiary/aromatic N) is 3. The number of amides is 1. The molecule has 1 saturated heterocycles. The highest BCUT2D eigenvalue weighted by Gasteiger charge is 2.18. The van der Waals surface area contributed by atoms with Gasteiger partial charge in [-0.2, -0.15) is 0 Å². The minimum Gasteiger partial charge on any atom is -0.354 e. The van der Waals surface area contributed by atoms with Crippen LogP contribution in [0.1, 0.15) is 31.8 Å². The lowest BCUT2D eigenvalue weighted by Gasteiger charge is -2.33. The number of carbonyl (C=O) groups is 2. The maximum atomic E-state index is 12.9. The van der Waals surface area contributed by atoms with Gasteiger partial charge in [-0.1, -0.05) is 54.6 Å². The zero-order valence-electron chi connectivity index (χ0n) is 17.6. The van der Waals surface area contributed by atoms with Crippen LogP contribution < -0.4 is 10.2 Å². The van der Waals surface area contributed by atoms with E-state index in [9.17, 15) is 9.59 Å². The topological polar surface area (TPSA) is 65.5 Å². The number of nitrogens with one attached hydrogen (secondary N) is 1. The molecule has 2 aromatic carbocycles. The van der Waals surface area contributed by atoms with Crippen molar-refractivity contribution in [3.05, 3.63) is 95.2 Å². The molecular weight excluding hydrogens is 388 g/mol. The quantitative estimate of drug-likeness (QED) is 0.628. The van der Waals surface area contributed by atoms with Gasteiger partial charge in [0.15, 0.2) is 5.78 Å². The van der Waals surface area contributed by atoms with E-state index < -0.39 is 0 Å². The van der Waals surface area contributed by atoms with Gasteiger partial charge in [0.25, 0.3) is 5.91 Å². The molecular formula is C25H26N4O2. The highest BCUT2D eigenvalue weighted by Crippen LogP contribution is 2.16. The van der Waals surface area contributed by atoms with Crippen molar-refractivity contribution < 1.29 is 9.59 Å². The van der Waals surface area contributed by atoms with Gasteiger partial charge >= 0.3 is 0 Å². The number of anilines is 1. The Morgan fingerprint density at radius 2 is 1.55 bits per heavy atom. The van der Waals surface area contributed by atoms with E-state index in [1.165, 1.54) is 0 Å². The van der Waals surface area contributed by atoms with Crippen LogP contribution in [0.25, 0.3) is 0 Å². The van der Waals surface area contributed by atoms with Crippen LogP contribution in [0.15, 0.2) is 72.9 Å². The van der Waals surface area contributed by atoms with Gasteiger partial charge in [0.05, 0.1) is 5.56 Å². The number of aromatic nitrogens is 1. The molecule has 0 bridgehead atoms. The summed E-state index contributed by atoms with van der Waals surface area (Å²) in [6.45, 7) is 4.33. The summed E-state index contributed by atoms with van der Waals surface area (Å²) in [5.74, 6) is 0.523. The number of rotatable bonds is 6. The lowest BCUT2D eigenvalue weighted by Crippen LogP contribution is -2.44. The van der Waals surface area contributed by atoms with Crippen molar-refractivity contribution in [1.82, 2.24) is 15.2 Å². The zero-order valence-corrected chi connectivity index (χ0v) is 17.6. The van der Waals surface area contributed by atoms with E-state index in [1.54, 1.807) is 42.6 Å². The van der Waals surface area contributed by atoms with E-state index >= 15 is 0 Å². The van der Waals surface area contributed by atoms with E-state index in [-0.39, 0.29) is 11.7 Å². The normalized spacial score (nSPS) is 14.3. The van der Waals surface area contributed by atoms with Crippen molar-refractivity contribution in [2.75, 3.05) is 38.1 Å². The number of ketones is 1. The standard InChI is InChI=1S/C25H26N4O2/c1-28-13-15-29(16-14-28)23-12-11-19(17-26-23)18-27-25(31)22-10-6-5-9-21(22)24(30)20-7-3-2-4-8-20/h2-12,17H,13-16,18H2,1H3,(H,27,31). The number of pyridine rings is 1. The smallest absolute Gasteiger partial charge is 0.252 e. The highest BCUT2D eigenvalue weighted by molar-refractivity contribution is 6.15. The third-order valence-electron chi connectivity index (χ3n) is 5.54. The Morgan fingerprint density at radius 3 is 2.23 bits per heavy atom. The Hall–Kier alpha value is -3.51. The van der Waals surface area contributed by atoms with Crippen molar-refractivity contribution in [2.24, 2.45) is 0 Å². The largest absolute Gasteiger partial charge is 0.354 e. The van der Waals surface area contributed by atoms with Crippen LogP contribution >= 0.6 is 0 Å². The molecule has 1 amide bonds. The van der Waals surface area contributed by atoms with Gasteiger partial charge in [-0.3, -0.25) is 9.59 Å². The molecule has 0 spiro atoms. The van der Waals surface area contributed by atoms with E-state index in [4.69, 9.17) is 0 Å². The van der Waals surface area contributed by atoms with Gasteiger partial charge < -0.3 is 15.1 Å². The highest BCUT2D eigenvalue weighted by atomic mass is 16.2. The van der Waals surface area contributed by atoms with Gasteiger partial charge in [0.2, 0.25) is 0 Å². The maximum absolute atomic E-state index is 12.9. The molecule has 1 fully saturated rings. The number of piperazine rings is 1. The molecule has 158 valence electrons. The number of likely N-dealkylation sites (N-methyl/N-ethyl adjacent to an activating group) is 1. The van der Waals surface area contributed by atoms with Gasteiger partial charge in [0.1, 0.15) is 5.82 Å². The number of hydrogen-bond acceptors (Lipinski definition) is 5. The zero-order chi connectivity index (χ0) is 21.6. The summed E-state index contributed by atoms with van der Waals surface area (Å²) in [5, 5.41) is 2.92. The second-order valence-corrected chi connectivity index (χ2v) is 7.74. The first-order chi connectivity index (χ1) is 15.1. The second-order valence-electron chi connectivity index (χ2n) is 7.74. The summed E-state index contributed by atoms with van der Waals surface area (Å²) in [6.07, 6.45) is 1.80. The van der Waals surface area contributed by atoms with Crippen LogP contribution in [-0.2, 0) is 6.54 Å². The minimum atomic E-state index is -0.275. The van der Waals surface area contributed by atoms with Crippen LogP contribution in [0, 0.1) is 0 Å². The summed E-state index contributed by atoms with van der Waals surface area (Å²) in [6, 6.07) is 19.9. The summed E-state index contributed by atoms with van der Waals surface area (Å²) in [5.41, 5.74) is 2.25. The molecule has 0 saturated carbocycles. The van der Waals surface area contributed by atoms with Gasteiger partial charge in [-0.05, 0) is 24.7 Å². The van der Waals surface area contributed by atoms with E-state index in [2.05, 4.69) is 27.1 Å². The SMILES string of the molecule is CN1CCN(c2ccc(CNC(=O)c3ccccc3C(=O)c3ccccc3)cn2)CC1. The summed E-state index contributed by atoms with van der Waals surface area (Å²) in [4.78, 5) is 34.8. The molecule has 0 unspecified atom stereocenters. The fraction of sp³-hybridized carbons (Fsp3) is 0.240. The molecule has 1 aliphatic heterocycles. The summed E-state index contributed by atoms with van der Waals surface area (Å²) in [7, 11) is 2.13. The molecule has 31 heavy (non-hydrogen) atoms. The van der Waals surface area contributed by atoms with Crippen molar-refractivity contribution >= 4 is 17.5 Å². The molecule has 1 N–H and O–H groups in total. The Kier molecular flexibility index (Phi) is 6.38. The molecule has 6 nitrogen and oxygen atoms in total.